The molecule has 0 spiro atoms. The maximum Gasteiger partial charge on any atom is 0.288 e. The van der Waals surface area contributed by atoms with Gasteiger partial charge in [0.15, 0.2) is 0 Å². The lowest BCUT2D eigenvalue weighted by Gasteiger charge is -2.31. The topological polar surface area (TPSA) is 72.7 Å². The van der Waals surface area contributed by atoms with Crippen LogP contribution in [-0.4, -0.2) is 42.0 Å². The molecule has 7 heteroatoms. The van der Waals surface area contributed by atoms with Crippen LogP contribution in [0, 0.1) is 10.1 Å². The van der Waals surface area contributed by atoms with Crippen LogP contribution in [0.25, 0.3) is 0 Å². The van der Waals surface area contributed by atoms with E-state index >= 15 is 0 Å². The molecule has 20 heavy (non-hydrogen) atoms. The number of benzene rings is 1. The highest BCUT2D eigenvalue weighted by Gasteiger charge is 2.27. The average Bonchev–Trinajstić information content (AvgIpc) is 2.46. The first kappa shape index (κ1) is 14.7. The molecule has 6 nitrogen and oxygen atoms in total. The lowest BCUT2D eigenvalue weighted by Crippen LogP contribution is -2.40. The van der Waals surface area contributed by atoms with Crippen LogP contribution in [0.15, 0.2) is 18.2 Å². The van der Waals surface area contributed by atoms with E-state index in [1.165, 1.54) is 18.2 Å². The van der Waals surface area contributed by atoms with Crippen LogP contribution >= 0.6 is 11.6 Å². The second-order valence-electron chi connectivity index (χ2n) is 4.62. The van der Waals surface area contributed by atoms with E-state index in [2.05, 4.69) is 0 Å². The first-order chi connectivity index (χ1) is 9.54. The van der Waals surface area contributed by atoms with E-state index in [0.717, 1.165) is 12.8 Å². The highest BCUT2D eigenvalue weighted by atomic mass is 35.5. The summed E-state index contributed by atoms with van der Waals surface area (Å²) in [5.41, 5.74) is -0.0685. The maximum atomic E-state index is 12.4. The fourth-order valence-corrected chi connectivity index (χ4v) is 2.57. The molecule has 1 aliphatic rings. The first-order valence-electron chi connectivity index (χ1n) is 6.29. The van der Waals surface area contributed by atoms with Crippen molar-refractivity contribution in [3.8, 4) is 0 Å². The molecule has 0 N–H and O–H groups in total. The Kier molecular flexibility index (Phi) is 4.57. The van der Waals surface area contributed by atoms with Crippen LogP contribution in [0.4, 0.5) is 5.69 Å². The van der Waals surface area contributed by atoms with Crippen LogP contribution in [0.1, 0.15) is 23.2 Å². The van der Waals surface area contributed by atoms with Crippen LogP contribution in [-0.2, 0) is 4.74 Å². The molecule has 1 amide bonds. The lowest BCUT2D eigenvalue weighted by molar-refractivity contribution is -0.384. The third-order valence-corrected chi connectivity index (χ3v) is 3.87. The number of amides is 1. The van der Waals surface area contributed by atoms with Gasteiger partial charge in [-0.15, -0.1) is 0 Å². The molecule has 1 heterocycles. The molecule has 0 unspecified atom stereocenters. The van der Waals surface area contributed by atoms with E-state index in [4.69, 9.17) is 16.3 Å². The molecule has 1 saturated heterocycles. The Morgan fingerprint density at radius 2 is 2.10 bits per heavy atom. The summed E-state index contributed by atoms with van der Waals surface area (Å²) in [7, 11) is 1.65. The Labute approximate surface area is 121 Å². The fraction of sp³-hybridized carbons (Fsp3) is 0.462. The van der Waals surface area contributed by atoms with Crippen molar-refractivity contribution in [2.24, 2.45) is 0 Å². The number of piperidine rings is 1. The predicted octanol–water partition coefficient (Wildman–Crippen LogP) is 2.50. The van der Waals surface area contributed by atoms with Crippen molar-refractivity contribution in [3.05, 3.63) is 38.9 Å². The van der Waals surface area contributed by atoms with Gasteiger partial charge in [0.1, 0.15) is 5.02 Å². The zero-order valence-electron chi connectivity index (χ0n) is 11.0. The summed E-state index contributed by atoms with van der Waals surface area (Å²) in [6, 6.07) is 4.27. The van der Waals surface area contributed by atoms with Gasteiger partial charge in [-0.25, -0.2) is 0 Å². The molecular weight excluding hydrogens is 284 g/mol. The standard InChI is InChI=1S/C13H15ClN2O4/c1-20-9-5-7-15(8-6-9)13(17)10-3-2-4-11(12(10)14)16(18)19/h2-4,9H,5-8H2,1H3. The molecular formula is C13H15ClN2O4. The summed E-state index contributed by atoms with van der Waals surface area (Å²) in [5.74, 6) is -0.270. The maximum absolute atomic E-state index is 12.4. The number of hydrogen-bond acceptors (Lipinski definition) is 4. The van der Waals surface area contributed by atoms with Gasteiger partial charge in [0.2, 0.25) is 0 Å². The largest absolute Gasteiger partial charge is 0.381 e. The van der Waals surface area contributed by atoms with Crippen molar-refractivity contribution in [2.75, 3.05) is 20.2 Å². The van der Waals surface area contributed by atoms with Gasteiger partial charge in [0.25, 0.3) is 11.6 Å². The number of ether oxygens (including phenoxy) is 1. The van der Waals surface area contributed by atoms with E-state index < -0.39 is 4.92 Å². The Morgan fingerprint density at radius 1 is 1.45 bits per heavy atom. The number of hydrogen-bond donors (Lipinski definition) is 0. The Hall–Kier alpha value is -1.66. The molecule has 0 radical (unpaired) electrons. The fourth-order valence-electron chi connectivity index (χ4n) is 2.29. The van der Waals surface area contributed by atoms with Gasteiger partial charge < -0.3 is 9.64 Å². The number of nitro groups is 1. The number of carbonyl (C=O) groups excluding carboxylic acids is 1. The SMILES string of the molecule is COC1CCN(C(=O)c2cccc([N+](=O)[O-])c2Cl)CC1. The van der Waals surface area contributed by atoms with Crippen molar-refractivity contribution in [3.63, 3.8) is 0 Å². The number of rotatable bonds is 3. The van der Waals surface area contributed by atoms with Gasteiger partial charge in [-0.05, 0) is 18.9 Å². The van der Waals surface area contributed by atoms with Crippen molar-refractivity contribution in [1.82, 2.24) is 4.90 Å². The van der Waals surface area contributed by atoms with Crippen LogP contribution in [0.5, 0.6) is 0 Å². The molecule has 1 fully saturated rings. The summed E-state index contributed by atoms with van der Waals surface area (Å²) in [5, 5.41) is 10.7. The molecule has 2 rings (SSSR count). The highest BCUT2D eigenvalue weighted by molar-refractivity contribution is 6.35. The van der Waals surface area contributed by atoms with E-state index in [-0.39, 0.29) is 28.3 Å². The number of nitrogens with zero attached hydrogens (tertiary/aromatic N) is 2. The molecule has 1 aromatic rings. The van der Waals surface area contributed by atoms with Crippen molar-refractivity contribution in [2.45, 2.75) is 18.9 Å². The zero-order valence-corrected chi connectivity index (χ0v) is 11.8. The molecule has 1 aliphatic heterocycles. The van der Waals surface area contributed by atoms with Crippen LogP contribution in [0.2, 0.25) is 5.02 Å². The van der Waals surface area contributed by atoms with Gasteiger partial charge in [-0.2, -0.15) is 0 Å². The second-order valence-corrected chi connectivity index (χ2v) is 5.00. The van der Waals surface area contributed by atoms with Gasteiger partial charge >= 0.3 is 0 Å². The molecule has 108 valence electrons. The number of likely N-dealkylation sites (tertiary alicyclic amines) is 1. The summed E-state index contributed by atoms with van der Waals surface area (Å²) in [6.45, 7) is 1.13. The minimum absolute atomic E-state index is 0.101. The van der Waals surface area contributed by atoms with Gasteiger partial charge in [0.05, 0.1) is 16.6 Å². The van der Waals surface area contributed by atoms with E-state index in [0.29, 0.717) is 13.1 Å². The average molecular weight is 299 g/mol. The van der Waals surface area contributed by atoms with Crippen molar-refractivity contribution in [1.29, 1.82) is 0 Å². The summed E-state index contributed by atoms with van der Waals surface area (Å²) in [6.07, 6.45) is 1.68. The second kappa shape index (κ2) is 6.19. The third kappa shape index (κ3) is 2.91. The minimum atomic E-state index is -0.587. The summed E-state index contributed by atoms with van der Waals surface area (Å²) >= 11 is 5.96. The molecule has 0 aliphatic carbocycles. The summed E-state index contributed by atoms with van der Waals surface area (Å²) < 4.78 is 5.25. The van der Waals surface area contributed by atoms with Crippen molar-refractivity contribution < 1.29 is 14.5 Å². The Morgan fingerprint density at radius 3 is 2.65 bits per heavy atom. The van der Waals surface area contributed by atoms with E-state index in [9.17, 15) is 14.9 Å². The van der Waals surface area contributed by atoms with Crippen molar-refractivity contribution >= 4 is 23.2 Å². The molecule has 0 bridgehead atoms. The normalized spacial score (nSPS) is 16.2. The van der Waals surface area contributed by atoms with Gasteiger partial charge in [0, 0.05) is 26.3 Å². The number of halogens is 1. The van der Waals surface area contributed by atoms with E-state index in [1.807, 2.05) is 0 Å². The van der Waals surface area contributed by atoms with Crippen LogP contribution < -0.4 is 0 Å². The molecule has 0 aromatic heterocycles. The van der Waals surface area contributed by atoms with Gasteiger partial charge in [-0.1, -0.05) is 17.7 Å². The summed E-state index contributed by atoms with van der Waals surface area (Å²) in [4.78, 5) is 24.3. The number of carbonyl (C=O) groups is 1. The molecule has 0 saturated carbocycles. The van der Waals surface area contributed by atoms with Crippen LogP contribution in [0.3, 0.4) is 0 Å². The Bertz CT molecular complexity index is 527. The van der Waals surface area contributed by atoms with Gasteiger partial charge in [-0.3, -0.25) is 14.9 Å². The number of nitro benzene ring substituents is 1. The minimum Gasteiger partial charge on any atom is -0.381 e. The number of methoxy groups -OCH3 is 1. The zero-order chi connectivity index (χ0) is 14.7. The lowest BCUT2D eigenvalue weighted by atomic mass is 10.1. The Balaban J connectivity index is 2.18. The van der Waals surface area contributed by atoms with E-state index in [1.54, 1.807) is 12.0 Å². The predicted molar refractivity (Wildman–Crippen MR) is 74.0 cm³/mol. The monoisotopic (exact) mass is 298 g/mol. The molecule has 1 aromatic carbocycles. The smallest absolute Gasteiger partial charge is 0.288 e. The first-order valence-corrected chi connectivity index (χ1v) is 6.67. The highest BCUT2D eigenvalue weighted by Crippen LogP contribution is 2.29. The molecule has 0 atom stereocenters. The third-order valence-electron chi connectivity index (χ3n) is 3.47. The quantitative estimate of drug-likeness (QED) is 0.635.